The first kappa shape index (κ1) is 13.5. The molecule has 0 aliphatic rings. The van der Waals surface area contributed by atoms with Gasteiger partial charge in [0.05, 0.1) is 6.54 Å². The zero-order chi connectivity index (χ0) is 12.2. The second-order valence-electron chi connectivity index (χ2n) is 3.34. The fourth-order valence-electron chi connectivity index (χ4n) is 1.30. The van der Waals surface area contributed by atoms with Crippen molar-refractivity contribution < 1.29 is 13.2 Å². The summed E-state index contributed by atoms with van der Waals surface area (Å²) in [4.78, 5) is 0. The molecule has 0 heterocycles. The van der Waals surface area contributed by atoms with Crippen LogP contribution in [-0.2, 0) is 0 Å². The second kappa shape index (κ2) is 5.65. The van der Waals surface area contributed by atoms with Crippen LogP contribution in [0.15, 0.2) is 28.7 Å². The average molecular weight is 297 g/mol. The largest absolute Gasteiger partial charge is 0.401 e. The molecule has 1 unspecified atom stereocenters. The molecule has 1 atom stereocenters. The average Bonchev–Trinajstić information content (AvgIpc) is 2.17. The van der Waals surface area contributed by atoms with E-state index in [1.807, 2.05) is 0 Å². The summed E-state index contributed by atoms with van der Waals surface area (Å²) in [6.07, 6.45) is -4.22. The lowest BCUT2D eigenvalue weighted by Crippen LogP contribution is -2.35. The third kappa shape index (κ3) is 4.51. The van der Waals surface area contributed by atoms with Crippen LogP contribution in [0.4, 0.5) is 13.2 Å². The van der Waals surface area contributed by atoms with Crippen molar-refractivity contribution in [3.05, 3.63) is 34.3 Å². The number of nitrogens with one attached hydrogen (secondary N) is 1. The quantitative estimate of drug-likeness (QED) is 0.896. The zero-order valence-electron chi connectivity index (χ0n) is 8.39. The molecule has 0 bridgehead atoms. The Hall–Kier alpha value is -0.590. The Kier molecular flexibility index (Phi) is 4.76. The molecular weight excluding hydrogens is 285 g/mol. The van der Waals surface area contributed by atoms with Crippen molar-refractivity contribution in [2.75, 3.05) is 13.1 Å². The summed E-state index contributed by atoms with van der Waals surface area (Å²) < 4.78 is 36.9. The molecule has 1 aromatic rings. The fraction of sp³-hybridized carbons (Fsp3) is 0.400. The predicted molar refractivity (Wildman–Crippen MR) is 60.0 cm³/mol. The highest BCUT2D eigenvalue weighted by atomic mass is 79.9. The molecule has 0 aliphatic heterocycles. The van der Waals surface area contributed by atoms with E-state index in [-0.39, 0.29) is 6.54 Å². The maximum Gasteiger partial charge on any atom is 0.401 e. The van der Waals surface area contributed by atoms with E-state index in [0.29, 0.717) is 0 Å². The highest BCUT2D eigenvalue weighted by molar-refractivity contribution is 9.10. The van der Waals surface area contributed by atoms with E-state index < -0.39 is 18.8 Å². The number of nitrogens with two attached hydrogens (primary N) is 1. The fourth-order valence-corrected chi connectivity index (χ4v) is 1.72. The summed E-state index contributed by atoms with van der Waals surface area (Å²) in [5.74, 6) is 0. The molecule has 0 saturated carbocycles. The van der Waals surface area contributed by atoms with Crippen molar-refractivity contribution in [2.45, 2.75) is 12.2 Å². The van der Waals surface area contributed by atoms with E-state index in [1.54, 1.807) is 24.3 Å². The lowest BCUT2D eigenvalue weighted by molar-refractivity contribution is -0.126. The van der Waals surface area contributed by atoms with Gasteiger partial charge in [0.2, 0.25) is 0 Å². The minimum absolute atomic E-state index is 0.118. The van der Waals surface area contributed by atoms with Crippen molar-refractivity contribution in [3.8, 4) is 0 Å². The van der Waals surface area contributed by atoms with Crippen LogP contribution in [0.1, 0.15) is 11.6 Å². The van der Waals surface area contributed by atoms with E-state index in [9.17, 15) is 13.2 Å². The molecular formula is C10H12BrF3N2. The van der Waals surface area contributed by atoms with Crippen molar-refractivity contribution >= 4 is 15.9 Å². The number of rotatable bonds is 4. The molecule has 0 aromatic heterocycles. The van der Waals surface area contributed by atoms with E-state index in [1.165, 1.54) is 0 Å². The first-order valence-electron chi connectivity index (χ1n) is 4.68. The Bertz CT molecular complexity index is 341. The van der Waals surface area contributed by atoms with Gasteiger partial charge in [0.15, 0.2) is 0 Å². The molecule has 6 heteroatoms. The molecule has 0 saturated heterocycles. The van der Waals surface area contributed by atoms with Crippen LogP contribution in [0.25, 0.3) is 0 Å². The number of benzene rings is 1. The van der Waals surface area contributed by atoms with Gasteiger partial charge < -0.3 is 11.1 Å². The Labute approximate surface area is 100 Å². The Balaban J connectivity index is 2.68. The van der Waals surface area contributed by atoms with Gasteiger partial charge in [-0.3, -0.25) is 0 Å². The van der Waals surface area contributed by atoms with Crippen LogP contribution in [-0.4, -0.2) is 19.3 Å². The molecule has 0 radical (unpaired) electrons. The molecule has 16 heavy (non-hydrogen) atoms. The molecule has 2 nitrogen and oxygen atoms in total. The third-order valence-electron chi connectivity index (χ3n) is 2.04. The van der Waals surface area contributed by atoms with Gasteiger partial charge in [0, 0.05) is 17.1 Å². The molecule has 1 rings (SSSR count). The second-order valence-corrected chi connectivity index (χ2v) is 4.26. The predicted octanol–water partition coefficient (Wildman–Crippen LogP) is 2.60. The van der Waals surface area contributed by atoms with Crippen LogP contribution in [0.5, 0.6) is 0 Å². The van der Waals surface area contributed by atoms with Crippen LogP contribution in [0.2, 0.25) is 0 Å². The maximum absolute atomic E-state index is 12.0. The first-order valence-corrected chi connectivity index (χ1v) is 5.47. The molecule has 3 N–H and O–H groups in total. The van der Waals surface area contributed by atoms with Crippen molar-refractivity contribution in [2.24, 2.45) is 5.73 Å². The van der Waals surface area contributed by atoms with Crippen LogP contribution >= 0.6 is 15.9 Å². The lowest BCUT2D eigenvalue weighted by Gasteiger charge is -2.18. The number of halogens is 4. The minimum Gasteiger partial charge on any atom is -0.329 e. The van der Waals surface area contributed by atoms with Gasteiger partial charge in [0.25, 0.3) is 0 Å². The van der Waals surface area contributed by atoms with Crippen LogP contribution < -0.4 is 11.1 Å². The Morgan fingerprint density at radius 3 is 2.56 bits per heavy atom. The van der Waals surface area contributed by atoms with E-state index >= 15 is 0 Å². The first-order chi connectivity index (χ1) is 7.42. The van der Waals surface area contributed by atoms with Crippen molar-refractivity contribution in [1.82, 2.24) is 5.32 Å². The SMILES string of the molecule is NCC(NCC(F)(F)F)c1cccc(Br)c1. The zero-order valence-corrected chi connectivity index (χ0v) is 9.98. The Morgan fingerprint density at radius 1 is 1.38 bits per heavy atom. The van der Waals surface area contributed by atoms with Crippen molar-refractivity contribution in [1.29, 1.82) is 0 Å². The number of hydrogen-bond acceptors (Lipinski definition) is 2. The summed E-state index contributed by atoms with van der Waals surface area (Å²) in [5.41, 5.74) is 6.18. The molecule has 0 amide bonds. The highest BCUT2D eigenvalue weighted by Crippen LogP contribution is 2.19. The van der Waals surface area contributed by atoms with E-state index in [2.05, 4.69) is 21.2 Å². The molecule has 1 aromatic carbocycles. The topological polar surface area (TPSA) is 38.0 Å². The maximum atomic E-state index is 12.0. The standard InChI is InChI=1S/C10H12BrF3N2/c11-8-3-1-2-7(4-8)9(5-15)16-6-10(12,13)14/h1-4,9,16H,5-6,15H2. The normalized spacial score (nSPS) is 13.8. The van der Waals surface area contributed by atoms with Crippen LogP contribution in [0.3, 0.4) is 0 Å². The minimum atomic E-state index is -4.22. The summed E-state index contributed by atoms with van der Waals surface area (Å²) in [6.45, 7) is -0.923. The summed E-state index contributed by atoms with van der Waals surface area (Å²) in [6, 6.07) is 6.57. The van der Waals surface area contributed by atoms with Gasteiger partial charge in [-0.1, -0.05) is 28.1 Å². The third-order valence-corrected chi connectivity index (χ3v) is 2.53. The van der Waals surface area contributed by atoms with E-state index in [0.717, 1.165) is 10.0 Å². The smallest absolute Gasteiger partial charge is 0.329 e. The monoisotopic (exact) mass is 296 g/mol. The van der Waals surface area contributed by atoms with E-state index in [4.69, 9.17) is 5.73 Å². The number of alkyl halides is 3. The van der Waals surface area contributed by atoms with Gasteiger partial charge in [-0.2, -0.15) is 13.2 Å². The van der Waals surface area contributed by atoms with Gasteiger partial charge in [-0.25, -0.2) is 0 Å². The van der Waals surface area contributed by atoms with Gasteiger partial charge >= 0.3 is 6.18 Å². The summed E-state index contributed by atoms with van der Waals surface area (Å²) in [7, 11) is 0. The van der Waals surface area contributed by atoms with Gasteiger partial charge in [-0.05, 0) is 17.7 Å². The van der Waals surface area contributed by atoms with Crippen LogP contribution in [0, 0.1) is 0 Å². The molecule has 90 valence electrons. The molecule has 0 aliphatic carbocycles. The Morgan fingerprint density at radius 2 is 2.06 bits per heavy atom. The number of hydrogen-bond donors (Lipinski definition) is 2. The summed E-state index contributed by atoms with van der Waals surface area (Å²) in [5, 5.41) is 2.38. The summed E-state index contributed by atoms with van der Waals surface area (Å²) >= 11 is 3.26. The van der Waals surface area contributed by atoms with Gasteiger partial charge in [0.1, 0.15) is 0 Å². The van der Waals surface area contributed by atoms with Crippen molar-refractivity contribution in [3.63, 3.8) is 0 Å². The highest BCUT2D eigenvalue weighted by Gasteiger charge is 2.28. The lowest BCUT2D eigenvalue weighted by atomic mass is 10.1. The molecule has 0 spiro atoms. The molecule has 0 fully saturated rings. The van der Waals surface area contributed by atoms with Gasteiger partial charge in [-0.15, -0.1) is 0 Å².